The van der Waals surface area contributed by atoms with Crippen molar-refractivity contribution >= 4 is 23.1 Å². The van der Waals surface area contributed by atoms with Crippen LogP contribution >= 0.6 is 0 Å². The molecule has 1 fully saturated rings. The van der Waals surface area contributed by atoms with Crippen molar-refractivity contribution < 1.29 is 9.18 Å². The number of halogens is 1. The van der Waals surface area contributed by atoms with Crippen LogP contribution in [0.15, 0.2) is 42.5 Å². The van der Waals surface area contributed by atoms with Gasteiger partial charge in [0.05, 0.1) is 0 Å². The zero-order valence-corrected chi connectivity index (χ0v) is 11.7. The normalized spacial score (nSPS) is 14.9. The largest absolute Gasteiger partial charge is 0.398 e. The summed E-state index contributed by atoms with van der Waals surface area (Å²) in [4.78, 5) is 15.8. The predicted octanol–water partition coefficient (Wildman–Crippen LogP) is 3.16. The summed E-state index contributed by atoms with van der Waals surface area (Å²) in [5, 5.41) is 0. The standard InChI is InChI=1S/C16H16FN3O/c1-11-2-5-14(10-15(11)18)20-9-8-19(16(20)21)13-6-3-12(17)4-7-13/h2-7,10H,8-9,18H2,1H3. The molecule has 0 bridgehead atoms. The molecule has 0 unspecified atom stereocenters. The SMILES string of the molecule is Cc1ccc(N2CCN(c3ccc(F)cc3)C2=O)cc1N. The summed E-state index contributed by atoms with van der Waals surface area (Å²) in [6.07, 6.45) is 0. The van der Waals surface area contributed by atoms with E-state index >= 15 is 0 Å². The molecule has 1 saturated heterocycles. The minimum atomic E-state index is -0.312. The van der Waals surface area contributed by atoms with Crippen LogP contribution in [0.4, 0.5) is 26.2 Å². The number of hydrogen-bond donors (Lipinski definition) is 1. The van der Waals surface area contributed by atoms with Gasteiger partial charge in [-0.25, -0.2) is 9.18 Å². The molecule has 108 valence electrons. The number of amides is 2. The molecule has 0 saturated carbocycles. The van der Waals surface area contributed by atoms with Gasteiger partial charge in [0.2, 0.25) is 0 Å². The number of nitrogen functional groups attached to an aromatic ring is 1. The van der Waals surface area contributed by atoms with Crippen molar-refractivity contribution in [1.82, 2.24) is 0 Å². The molecule has 2 aromatic carbocycles. The van der Waals surface area contributed by atoms with Crippen LogP contribution in [0.3, 0.4) is 0 Å². The van der Waals surface area contributed by atoms with Crippen LogP contribution in [0.1, 0.15) is 5.56 Å². The number of carbonyl (C=O) groups excluding carboxylic acids is 1. The zero-order valence-electron chi connectivity index (χ0n) is 11.7. The van der Waals surface area contributed by atoms with Gasteiger partial charge in [0.25, 0.3) is 0 Å². The Bertz CT molecular complexity index is 684. The highest BCUT2D eigenvalue weighted by Gasteiger charge is 2.30. The van der Waals surface area contributed by atoms with Crippen molar-refractivity contribution in [3.05, 3.63) is 53.8 Å². The van der Waals surface area contributed by atoms with Gasteiger partial charge in [-0.05, 0) is 48.9 Å². The number of hydrogen-bond acceptors (Lipinski definition) is 2. The number of urea groups is 1. The summed E-state index contributed by atoms with van der Waals surface area (Å²) >= 11 is 0. The molecule has 2 amide bonds. The number of anilines is 3. The number of nitrogens with zero attached hydrogens (tertiary/aromatic N) is 2. The van der Waals surface area contributed by atoms with Crippen LogP contribution in [-0.4, -0.2) is 19.1 Å². The number of aryl methyl sites for hydroxylation is 1. The van der Waals surface area contributed by atoms with E-state index in [1.54, 1.807) is 28.0 Å². The molecule has 0 aliphatic carbocycles. The van der Waals surface area contributed by atoms with Gasteiger partial charge in [-0.1, -0.05) is 6.07 Å². The molecule has 4 nitrogen and oxygen atoms in total. The van der Waals surface area contributed by atoms with Gasteiger partial charge in [0.1, 0.15) is 5.82 Å². The van der Waals surface area contributed by atoms with E-state index in [0.29, 0.717) is 24.5 Å². The Morgan fingerprint density at radius 2 is 1.57 bits per heavy atom. The first-order valence-electron chi connectivity index (χ1n) is 6.77. The highest BCUT2D eigenvalue weighted by molar-refractivity contribution is 6.06. The Labute approximate surface area is 122 Å². The fourth-order valence-corrected chi connectivity index (χ4v) is 2.43. The molecule has 0 aromatic heterocycles. The maximum Gasteiger partial charge on any atom is 0.329 e. The van der Waals surface area contributed by atoms with Crippen molar-refractivity contribution in [2.75, 3.05) is 28.6 Å². The molecule has 1 heterocycles. The van der Waals surface area contributed by atoms with Gasteiger partial charge >= 0.3 is 6.03 Å². The third-order valence-corrected chi connectivity index (χ3v) is 3.72. The van der Waals surface area contributed by atoms with Crippen LogP contribution in [0.5, 0.6) is 0 Å². The first kappa shape index (κ1) is 13.4. The molecule has 21 heavy (non-hydrogen) atoms. The Morgan fingerprint density at radius 1 is 1.00 bits per heavy atom. The minimum absolute atomic E-state index is 0.120. The van der Waals surface area contributed by atoms with Gasteiger partial charge in [-0.15, -0.1) is 0 Å². The molecular formula is C16H16FN3O. The highest BCUT2D eigenvalue weighted by atomic mass is 19.1. The maximum absolute atomic E-state index is 13.0. The van der Waals surface area contributed by atoms with Crippen LogP contribution < -0.4 is 15.5 Å². The topological polar surface area (TPSA) is 49.6 Å². The average Bonchev–Trinajstić information content (AvgIpc) is 2.85. The van der Waals surface area contributed by atoms with Crippen molar-refractivity contribution in [3.63, 3.8) is 0 Å². The van der Waals surface area contributed by atoms with E-state index in [4.69, 9.17) is 5.73 Å². The van der Waals surface area contributed by atoms with E-state index in [1.807, 2.05) is 19.1 Å². The highest BCUT2D eigenvalue weighted by Crippen LogP contribution is 2.27. The van der Waals surface area contributed by atoms with Gasteiger partial charge in [-0.3, -0.25) is 9.80 Å². The molecule has 0 spiro atoms. The number of carbonyl (C=O) groups is 1. The van der Waals surface area contributed by atoms with Gasteiger partial charge in [0.15, 0.2) is 0 Å². The number of benzene rings is 2. The molecule has 5 heteroatoms. The van der Waals surface area contributed by atoms with E-state index in [-0.39, 0.29) is 11.8 Å². The third-order valence-electron chi connectivity index (χ3n) is 3.72. The maximum atomic E-state index is 13.0. The van der Waals surface area contributed by atoms with Crippen LogP contribution in [-0.2, 0) is 0 Å². The Kier molecular flexibility index (Phi) is 3.25. The minimum Gasteiger partial charge on any atom is -0.398 e. The summed E-state index contributed by atoms with van der Waals surface area (Å²) < 4.78 is 13.0. The average molecular weight is 285 g/mol. The predicted molar refractivity (Wildman–Crippen MR) is 82.1 cm³/mol. The third kappa shape index (κ3) is 2.42. The Morgan fingerprint density at radius 3 is 2.19 bits per heavy atom. The van der Waals surface area contributed by atoms with Gasteiger partial charge in [0, 0.05) is 30.2 Å². The van der Waals surface area contributed by atoms with Crippen molar-refractivity contribution in [2.45, 2.75) is 6.92 Å². The smallest absolute Gasteiger partial charge is 0.329 e. The molecule has 1 aliphatic rings. The molecule has 2 N–H and O–H groups in total. The summed E-state index contributed by atoms with van der Waals surface area (Å²) in [6, 6.07) is 11.4. The molecule has 3 rings (SSSR count). The molecule has 0 atom stereocenters. The summed E-state index contributed by atoms with van der Waals surface area (Å²) in [5.74, 6) is -0.312. The second-order valence-corrected chi connectivity index (χ2v) is 5.10. The first-order chi connectivity index (χ1) is 10.1. The first-order valence-corrected chi connectivity index (χ1v) is 6.77. The van der Waals surface area contributed by atoms with E-state index in [0.717, 1.165) is 11.3 Å². The lowest BCUT2D eigenvalue weighted by molar-refractivity contribution is 0.256. The van der Waals surface area contributed by atoms with Crippen molar-refractivity contribution in [2.24, 2.45) is 0 Å². The zero-order chi connectivity index (χ0) is 15.0. The van der Waals surface area contributed by atoms with Crippen LogP contribution in [0.25, 0.3) is 0 Å². The van der Waals surface area contributed by atoms with Gasteiger partial charge < -0.3 is 5.73 Å². The quantitative estimate of drug-likeness (QED) is 0.862. The monoisotopic (exact) mass is 285 g/mol. The number of rotatable bonds is 2. The Balaban J connectivity index is 1.86. The molecule has 1 aliphatic heterocycles. The molecule has 2 aromatic rings. The fraction of sp³-hybridized carbons (Fsp3) is 0.188. The lowest BCUT2D eigenvalue weighted by Gasteiger charge is -2.19. The number of nitrogens with two attached hydrogens (primary N) is 1. The Hall–Kier alpha value is -2.56. The molecule has 0 radical (unpaired) electrons. The second kappa shape index (κ2) is 5.09. The molecular weight excluding hydrogens is 269 g/mol. The van der Waals surface area contributed by atoms with Gasteiger partial charge in [-0.2, -0.15) is 0 Å². The lowest BCUT2D eigenvalue weighted by Crippen LogP contribution is -2.31. The van der Waals surface area contributed by atoms with E-state index in [2.05, 4.69) is 0 Å². The van der Waals surface area contributed by atoms with E-state index in [9.17, 15) is 9.18 Å². The summed E-state index contributed by atoms with van der Waals surface area (Å²) in [7, 11) is 0. The lowest BCUT2D eigenvalue weighted by atomic mass is 10.2. The van der Waals surface area contributed by atoms with E-state index < -0.39 is 0 Å². The van der Waals surface area contributed by atoms with E-state index in [1.165, 1.54) is 12.1 Å². The van der Waals surface area contributed by atoms with Crippen molar-refractivity contribution in [3.8, 4) is 0 Å². The summed E-state index contributed by atoms with van der Waals surface area (Å²) in [6.45, 7) is 3.08. The fourth-order valence-electron chi connectivity index (χ4n) is 2.43. The van der Waals surface area contributed by atoms with Crippen molar-refractivity contribution in [1.29, 1.82) is 0 Å². The van der Waals surface area contributed by atoms with Crippen LogP contribution in [0, 0.1) is 12.7 Å². The summed E-state index contributed by atoms with van der Waals surface area (Å²) in [5.41, 5.74) is 9.04. The second-order valence-electron chi connectivity index (χ2n) is 5.10. The van der Waals surface area contributed by atoms with Crippen LogP contribution in [0.2, 0.25) is 0 Å².